The van der Waals surface area contributed by atoms with E-state index in [1.165, 1.54) is 18.5 Å². The maximum atomic E-state index is 12.3. The van der Waals surface area contributed by atoms with Gasteiger partial charge in [0.15, 0.2) is 0 Å². The molecular weight excluding hydrogens is 256 g/mol. The Hall–Kier alpha value is -0.660. The summed E-state index contributed by atoms with van der Waals surface area (Å²) in [6.07, 6.45) is 2.74. The van der Waals surface area contributed by atoms with Gasteiger partial charge in [0.25, 0.3) is 10.2 Å². The fourth-order valence-electron chi connectivity index (χ4n) is 1.71. The Labute approximate surface area is 109 Å². The summed E-state index contributed by atoms with van der Waals surface area (Å²) in [6.45, 7) is 2.65. The fourth-order valence-corrected chi connectivity index (χ4v) is 3.40. The van der Waals surface area contributed by atoms with Crippen molar-refractivity contribution in [2.24, 2.45) is 0 Å². The van der Waals surface area contributed by atoms with E-state index in [1.54, 1.807) is 4.31 Å². The van der Waals surface area contributed by atoms with Crippen LogP contribution in [0.3, 0.4) is 0 Å². The molecule has 0 spiro atoms. The molecular formula is C11H22N2O4S. The number of hydrogen-bond donors (Lipinski definition) is 0. The standard InChI is InChI=1S/C11H22N2O4S/c1-4-8-13(10-5-6-10)18(15,16)12(2)9-7-11(14)17-3/h10H,4-9H2,1-3H3. The average molecular weight is 278 g/mol. The molecule has 7 heteroatoms. The van der Waals surface area contributed by atoms with E-state index in [9.17, 15) is 13.2 Å². The summed E-state index contributed by atoms with van der Waals surface area (Å²) >= 11 is 0. The van der Waals surface area contributed by atoms with Crippen LogP contribution in [0, 0.1) is 0 Å². The number of hydrogen-bond acceptors (Lipinski definition) is 4. The van der Waals surface area contributed by atoms with Crippen LogP contribution >= 0.6 is 0 Å². The van der Waals surface area contributed by atoms with Crippen molar-refractivity contribution in [1.29, 1.82) is 0 Å². The molecule has 0 unspecified atom stereocenters. The molecule has 106 valence electrons. The normalized spacial score (nSPS) is 16.3. The molecule has 0 bridgehead atoms. The first-order chi connectivity index (χ1) is 8.43. The quantitative estimate of drug-likeness (QED) is 0.610. The summed E-state index contributed by atoms with van der Waals surface area (Å²) in [6, 6.07) is 0.149. The molecule has 1 saturated carbocycles. The molecule has 0 radical (unpaired) electrons. The SMILES string of the molecule is CCCN(C1CC1)S(=O)(=O)N(C)CCC(=O)OC. The van der Waals surface area contributed by atoms with Gasteiger partial charge in [0, 0.05) is 26.2 Å². The third kappa shape index (κ3) is 3.93. The molecule has 1 aliphatic rings. The monoisotopic (exact) mass is 278 g/mol. The summed E-state index contributed by atoms with van der Waals surface area (Å²) in [4.78, 5) is 11.0. The zero-order valence-electron chi connectivity index (χ0n) is 11.3. The van der Waals surface area contributed by atoms with E-state index >= 15 is 0 Å². The lowest BCUT2D eigenvalue weighted by molar-refractivity contribution is -0.140. The Morgan fingerprint density at radius 3 is 2.39 bits per heavy atom. The first-order valence-corrected chi connectivity index (χ1v) is 7.63. The molecule has 0 aromatic carbocycles. The second kappa shape index (κ2) is 6.49. The van der Waals surface area contributed by atoms with Crippen LogP contribution in [0.25, 0.3) is 0 Å². The van der Waals surface area contributed by atoms with Gasteiger partial charge in [-0.2, -0.15) is 17.0 Å². The largest absolute Gasteiger partial charge is 0.469 e. The van der Waals surface area contributed by atoms with Crippen molar-refractivity contribution in [2.45, 2.75) is 38.6 Å². The van der Waals surface area contributed by atoms with E-state index in [1.807, 2.05) is 6.92 Å². The van der Waals surface area contributed by atoms with Gasteiger partial charge in [-0.25, -0.2) is 0 Å². The predicted octanol–water partition coefficient (Wildman–Crippen LogP) is 0.601. The summed E-state index contributed by atoms with van der Waals surface area (Å²) in [5.41, 5.74) is 0. The number of carbonyl (C=O) groups is 1. The molecule has 0 atom stereocenters. The molecule has 1 fully saturated rings. The molecule has 0 aliphatic heterocycles. The summed E-state index contributed by atoms with van der Waals surface area (Å²) in [7, 11) is -0.646. The van der Waals surface area contributed by atoms with Gasteiger partial charge in [-0.15, -0.1) is 0 Å². The van der Waals surface area contributed by atoms with Gasteiger partial charge in [-0.3, -0.25) is 4.79 Å². The number of ether oxygens (including phenoxy) is 1. The summed E-state index contributed by atoms with van der Waals surface area (Å²) in [5.74, 6) is -0.398. The van der Waals surface area contributed by atoms with Crippen molar-refractivity contribution in [3.8, 4) is 0 Å². The van der Waals surface area contributed by atoms with E-state index in [0.717, 1.165) is 19.3 Å². The average Bonchev–Trinajstić information content (AvgIpc) is 3.16. The summed E-state index contributed by atoms with van der Waals surface area (Å²) in [5, 5.41) is 0. The highest BCUT2D eigenvalue weighted by molar-refractivity contribution is 7.86. The van der Waals surface area contributed by atoms with E-state index in [2.05, 4.69) is 4.74 Å². The van der Waals surface area contributed by atoms with Crippen molar-refractivity contribution in [2.75, 3.05) is 27.2 Å². The highest BCUT2D eigenvalue weighted by Crippen LogP contribution is 2.30. The zero-order chi connectivity index (χ0) is 13.8. The molecule has 18 heavy (non-hydrogen) atoms. The highest BCUT2D eigenvalue weighted by atomic mass is 32.2. The van der Waals surface area contributed by atoms with Crippen molar-refractivity contribution in [3.63, 3.8) is 0 Å². The first kappa shape index (κ1) is 15.4. The van der Waals surface area contributed by atoms with Gasteiger partial charge < -0.3 is 4.74 Å². The Morgan fingerprint density at radius 2 is 1.94 bits per heavy atom. The number of methoxy groups -OCH3 is 1. The molecule has 6 nitrogen and oxygen atoms in total. The third-order valence-corrected chi connectivity index (χ3v) is 4.99. The molecule has 1 aliphatic carbocycles. The molecule has 0 aromatic heterocycles. The Balaban J connectivity index is 2.62. The lowest BCUT2D eigenvalue weighted by atomic mass is 10.4. The highest BCUT2D eigenvalue weighted by Gasteiger charge is 2.38. The van der Waals surface area contributed by atoms with E-state index in [-0.39, 0.29) is 19.0 Å². The maximum absolute atomic E-state index is 12.3. The van der Waals surface area contributed by atoms with Crippen molar-refractivity contribution in [3.05, 3.63) is 0 Å². The van der Waals surface area contributed by atoms with Gasteiger partial charge >= 0.3 is 5.97 Å². The van der Waals surface area contributed by atoms with Gasteiger partial charge in [-0.05, 0) is 19.3 Å². The van der Waals surface area contributed by atoms with Crippen molar-refractivity contribution < 1.29 is 17.9 Å². The summed E-state index contributed by atoms with van der Waals surface area (Å²) < 4.78 is 31.9. The maximum Gasteiger partial charge on any atom is 0.306 e. The minimum atomic E-state index is -3.44. The molecule has 0 amide bonds. The Morgan fingerprint density at radius 1 is 1.33 bits per heavy atom. The molecule has 0 aromatic rings. The second-order valence-electron chi connectivity index (χ2n) is 4.50. The molecule has 0 N–H and O–H groups in total. The minimum absolute atomic E-state index is 0.0802. The first-order valence-electron chi connectivity index (χ1n) is 6.23. The number of esters is 1. The third-order valence-electron chi connectivity index (χ3n) is 2.95. The van der Waals surface area contributed by atoms with Gasteiger partial charge in [0.05, 0.1) is 13.5 Å². The fraction of sp³-hybridized carbons (Fsp3) is 0.909. The lowest BCUT2D eigenvalue weighted by Crippen LogP contribution is -2.44. The van der Waals surface area contributed by atoms with Crippen LogP contribution in [-0.4, -0.2) is 56.3 Å². The van der Waals surface area contributed by atoms with Crippen LogP contribution in [0.2, 0.25) is 0 Å². The topological polar surface area (TPSA) is 66.9 Å². The van der Waals surface area contributed by atoms with Crippen LogP contribution in [-0.2, 0) is 19.7 Å². The van der Waals surface area contributed by atoms with Gasteiger partial charge in [0.1, 0.15) is 0 Å². The lowest BCUT2D eigenvalue weighted by Gasteiger charge is -2.27. The smallest absolute Gasteiger partial charge is 0.306 e. The molecule has 1 rings (SSSR count). The number of nitrogens with zero attached hydrogens (tertiary/aromatic N) is 2. The van der Waals surface area contributed by atoms with Gasteiger partial charge in [-0.1, -0.05) is 6.92 Å². The van der Waals surface area contributed by atoms with Crippen LogP contribution < -0.4 is 0 Å². The number of carbonyl (C=O) groups excluding carboxylic acids is 1. The Bertz CT molecular complexity index is 379. The van der Waals surface area contributed by atoms with Gasteiger partial charge in [0.2, 0.25) is 0 Å². The second-order valence-corrected chi connectivity index (χ2v) is 6.49. The van der Waals surface area contributed by atoms with E-state index in [4.69, 9.17) is 0 Å². The van der Waals surface area contributed by atoms with Crippen LogP contribution in [0.15, 0.2) is 0 Å². The zero-order valence-corrected chi connectivity index (χ0v) is 12.1. The predicted molar refractivity (Wildman–Crippen MR) is 68.2 cm³/mol. The van der Waals surface area contributed by atoms with Crippen molar-refractivity contribution in [1.82, 2.24) is 8.61 Å². The van der Waals surface area contributed by atoms with Crippen molar-refractivity contribution >= 4 is 16.2 Å². The van der Waals surface area contributed by atoms with E-state index < -0.39 is 16.2 Å². The van der Waals surface area contributed by atoms with Crippen LogP contribution in [0.1, 0.15) is 32.6 Å². The Kier molecular flexibility index (Phi) is 5.55. The molecule has 0 saturated heterocycles. The molecule has 0 heterocycles. The van der Waals surface area contributed by atoms with Crippen LogP contribution in [0.5, 0.6) is 0 Å². The van der Waals surface area contributed by atoms with Crippen LogP contribution in [0.4, 0.5) is 0 Å². The minimum Gasteiger partial charge on any atom is -0.469 e. The van der Waals surface area contributed by atoms with E-state index in [0.29, 0.717) is 6.54 Å². The number of rotatable bonds is 8.